The van der Waals surface area contributed by atoms with Crippen LogP contribution < -0.4 is 0 Å². The van der Waals surface area contributed by atoms with Gasteiger partial charge in [0.25, 0.3) is 0 Å². The van der Waals surface area contributed by atoms with Crippen molar-refractivity contribution in [3.8, 4) is 0 Å². The van der Waals surface area contributed by atoms with Crippen LogP contribution in [0.1, 0.15) is 13.8 Å². The van der Waals surface area contributed by atoms with Crippen molar-refractivity contribution in [2.45, 2.75) is 18.6 Å². The van der Waals surface area contributed by atoms with Gasteiger partial charge in [-0.2, -0.15) is 0 Å². The van der Waals surface area contributed by atoms with Crippen LogP contribution in [0.2, 0.25) is 0 Å². The van der Waals surface area contributed by atoms with Crippen LogP contribution in [-0.4, -0.2) is 30.9 Å². The van der Waals surface area contributed by atoms with E-state index in [4.69, 9.17) is 0 Å². The molecule has 0 aromatic rings. The minimum Gasteiger partial charge on any atom is -0.466 e. The van der Waals surface area contributed by atoms with E-state index in [1.165, 1.54) is 35.8 Å². The molecule has 0 N–H and O–H groups in total. The van der Waals surface area contributed by atoms with Crippen molar-refractivity contribution in [3.05, 3.63) is 10.5 Å². The summed E-state index contributed by atoms with van der Waals surface area (Å²) >= 11 is 0. The lowest BCUT2D eigenvalue weighted by molar-refractivity contribution is -0.139. The van der Waals surface area contributed by atoms with Crippen LogP contribution in [0.3, 0.4) is 0 Å². The third-order valence-corrected chi connectivity index (χ3v) is 5.16. The molecule has 0 aliphatic carbocycles. The smallest absolute Gasteiger partial charge is 0.345 e. The maximum absolute atomic E-state index is 11.5. The van der Waals surface area contributed by atoms with Gasteiger partial charge in [-0.15, -0.1) is 0 Å². The van der Waals surface area contributed by atoms with Gasteiger partial charge >= 0.3 is 11.9 Å². The van der Waals surface area contributed by atoms with E-state index in [1.807, 2.05) is 13.8 Å². The summed E-state index contributed by atoms with van der Waals surface area (Å²) < 4.78 is 8.85. The summed E-state index contributed by atoms with van der Waals surface area (Å²) in [7, 11) is 5.29. The van der Waals surface area contributed by atoms with Crippen molar-refractivity contribution < 1.29 is 19.1 Å². The molecule has 1 aliphatic rings. The van der Waals surface area contributed by atoms with Crippen LogP contribution in [-0.2, 0) is 19.1 Å². The Morgan fingerprint density at radius 2 is 1.67 bits per heavy atom. The molecule has 0 aromatic carbocycles. The third-order valence-electron chi connectivity index (χ3n) is 1.92. The van der Waals surface area contributed by atoms with E-state index in [0.717, 1.165) is 0 Å². The Labute approximate surface area is 96.2 Å². The molecule has 0 saturated heterocycles. The minimum absolute atomic E-state index is 0.333. The van der Waals surface area contributed by atoms with Gasteiger partial charge in [0.05, 0.1) is 24.5 Å². The van der Waals surface area contributed by atoms with E-state index in [0.29, 0.717) is 10.5 Å². The van der Waals surface area contributed by atoms with Crippen LogP contribution >= 0.6 is 21.6 Å². The molecule has 0 bridgehead atoms. The highest BCUT2D eigenvalue weighted by atomic mass is 33.1. The molecule has 0 unspecified atom stereocenters. The Kier molecular flexibility index (Phi) is 3.72. The van der Waals surface area contributed by atoms with Crippen molar-refractivity contribution in [1.82, 2.24) is 0 Å². The van der Waals surface area contributed by atoms with Crippen molar-refractivity contribution in [1.29, 1.82) is 0 Å². The predicted molar refractivity (Wildman–Crippen MR) is 60.3 cm³/mol. The summed E-state index contributed by atoms with van der Waals surface area (Å²) in [4.78, 5) is 23.3. The lowest BCUT2D eigenvalue weighted by atomic mass is 10.0. The van der Waals surface area contributed by atoms with E-state index in [2.05, 4.69) is 9.47 Å². The minimum atomic E-state index is -0.488. The maximum atomic E-state index is 11.5. The average Bonchev–Trinajstić information content (AvgIpc) is 2.52. The molecule has 0 amide bonds. The third kappa shape index (κ3) is 2.31. The molecular weight excluding hydrogens is 236 g/mol. The summed E-state index contributed by atoms with van der Waals surface area (Å²) in [5.74, 6) is -0.962. The van der Waals surface area contributed by atoms with Crippen molar-refractivity contribution in [2.24, 2.45) is 0 Å². The first-order valence-electron chi connectivity index (χ1n) is 4.21. The second-order valence-corrected chi connectivity index (χ2v) is 6.13. The summed E-state index contributed by atoms with van der Waals surface area (Å²) in [6.45, 7) is 3.74. The van der Waals surface area contributed by atoms with Crippen LogP contribution in [0.15, 0.2) is 10.5 Å². The van der Waals surface area contributed by atoms with Gasteiger partial charge in [0.15, 0.2) is 0 Å². The number of hydrogen-bond acceptors (Lipinski definition) is 6. The first kappa shape index (κ1) is 12.4. The van der Waals surface area contributed by atoms with E-state index in [9.17, 15) is 9.59 Å². The fraction of sp³-hybridized carbons (Fsp3) is 0.556. The number of rotatable bonds is 2. The van der Waals surface area contributed by atoms with Crippen molar-refractivity contribution in [3.63, 3.8) is 0 Å². The van der Waals surface area contributed by atoms with Gasteiger partial charge in [0.1, 0.15) is 4.91 Å². The van der Waals surface area contributed by atoms with Gasteiger partial charge in [-0.05, 0) is 24.6 Å². The van der Waals surface area contributed by atoms with Gasteiger partial charge in [-0.25, -0.2) is 9.59 Å². The van der Waals surface area contributed by atoms with E-state index >= 15 is 0 Å². The average molecular weight is 248 g/mol. The summed E-state index contributed by atoms with van der Waals surface area (Å²) in [5.41, 5.74) is 0.381. The van der Waals surface area contributed by atoms with Crippen molar-refractivity contribution in [2.75, 3.05) is 14.2 Å². The second kappa shape index (κ2) is 4.49. The molecule has 0 spiro atoms. The molecule has 0 aromatic heterocycles. The highest BCUT2D eigenvalue weighted by Gasteiger charge is 2.42. The Bertz CT molecular complexity index is 333. The molecule has 15 heavy (non-hydrogen) atoms. The molecule has 0 radical (unpaired) electrons. The fourth-order valence-corrected chi connectivity index (χ4v) is 3.95. The van der Waals surface area contributed by atoms with Crippen LogP contribution in [0, 0.1) is 0 Å². The second-order valence-electron chi connectivity index (χ2n) is 3.36. The molecule has 84 valence electrons. The highest BCUT2D eigenvalue weighted by molar-refractivity contribution is 8.79. The quantitative estimate of drug-likeness (QED) is 0.548. The molecule has 6 heteroatoms. The predicted octanol–water partition coefficient (Wildman–Crippen LogP) is 1.76. The normalized spacial score (nSPS) is 18.9. The maximum Gasteiger partial charge on any atom is 0.345 e. The number of carbonyl (C=O) groups excluding carboxylic acids is 2. The standard InChI is InChI=1S/C9H12O4S2/c1-9(2)5(7(10)12-3)6(14-15-9)8(11)13-4/h1-4H3. The summed E-state index contributed by atoms with van der Waals surface area (Å²) in [6.07, 6.45) is 0. The van der Waals surface area contributed by atoms with Gasteiger partial charge in [-0.1, -0.05) is 10.8 Å². The van der Waals surface area contributed by atoms with Gasteiger partial charge in [0, 0.05) is 0 Å². The topological polar surface area (TPSA) is 52.6 Å². The lowest BCUT2D eigenvalue weighted by Gasteiger charge is -2.17. The van der Waals surface area contributed by atoms with Crippen LogP contribution in [0.25, 0.3) is 0 Å². The molecule has 0 fully saturated rings. The zero-order valence-electron chi connectivity index (χ0n) is 8.95. The zero-order valence-corrected chi connectivity index (χ0v) is 10.6. The Hall–Kier alpha value is -0.620. The molecule has 1 heterocycles. The first-order valence-corrected chi connectivity index (χ1v) is 6.36. The molecule has 0 atom stereocenters. The first-order chi connectivity index (χ1) is 6.94. The van der Waals surface area contributed by atoms with E-state index < -0.39 is 16.7 Å². The molecule has 0 saturated carbocycles. The molecule has 1 aliphatic heterocycles. The largest absolute Gasteiger partial charge is 0.466 e. The zero-order chi connectivity index (χ0) is 11.6. The Balaban J connectivity index is 3.17. The van der Waals surface area contributed by atoms with Crippen molar-refractivity contribution >= 4 is 33.5 Å². The molecule has 1 rings (SSSR count). The van der Waals surface area contributed by atoms with E-state index in [1.54, 1.807) is 0 Å². The highest BCUT2D eigenvalue weighted by Crippen LogP contribution is 2.54. The number of carbonyl (C=O) groups is 2. The molecular formula is C9H12O4S2. The fourth-order valence-electron chi connectivity index (χ4n) is 1.17. The monoisotopic (exact) mass is 248 g/mol. The molecule has 4 nitrogen and oxygen atoms in total. The number of ether oxygens (including phenoxy) is 2. The van der Waals surface area contributed by atoms with Gasteiger partial charge in [-0.3, -0.25) is 0 Å². The lowest BCUT2D eigenvalue weighted by Crippen LogP contribution is -2.24. The van der Waals surface area contributed by atoms with E-state index in [-0.39, 0.29) is 0 Å². The van der Waals surface area contributed by atoms with Crippen LogP contribution in [0.5, 0.6) is 0 Å². The number of hydrogen-bond donors (Lipinski definition) is 0. The Morgan fingerprint density at radius 3 is 2.13 bits per heavy atom. The van der Waals surface area contributed by atoms with Gasteiger partial charge < -0.3 is 9.47 Å². The summed E-state index contributed by atoms with van der Waals surface area (Å²) in [6, 6.07) is 0. The van der Waals surface area contributed by atoms with Crippen LogP contribution in [0.4, 0.5) is 0 Å². The Morgan fingerprint density at radius 1 is 1.13 bits per heavy atom. The van der Waals surface area contributed by atoms with Gasteiger partial charge in [0.2, 0.25) is 0 Å². The number of esters is 2. The SMILES string of the molecule is COC(=O)C1=C(C(=O)OC)C(C)(C)SS1. The summed E-state index contributed by atoms with van der Waals surface area (Å²) in [5, 5.41) is 0. The number of methoxy groups -OCH3 is 2.